The van der Waals surface area contributed by atoms with Gasteiger partial charge >= 0.3 is 0 Å². The molecule has 2 aliphatic rings. The Labute approximate surface area is 153 Å². The summed E-state index contributed by atoms with van der Waals surface area (Å²) in [7, 11) is 0. The third-order valence-corrected chi connectivity index (χ3v) is 5.91. The van der Waals surface area contributed by atoms with Gasteiger partial charge in [0, 0.05) is 31.1 Å². The van der Waals surface area contributed by atoms with Crippen molar-refractivity contribution in [3.63, 3.8) is 0 Å². The fourth-order valence-electron chi connectivity index (χ4n) is 4.91. The van der Waals surface area contributed by atoms with Crippen LogP contribution in [-0.4, -0.2) is 27.7 Å². The van der Waals surface area contributed by atoms with Gasteiger partial charge in [0.2, 0.25) is 0 Å². The van der Waals surface area contributed by atoms with Crippen LogP contribution in [0, 0.1) is 11.6 Å². The van der Waals surface area contributed by atoms with Crippen LogP contribution in [0.3, 0.4) is 0 Å². The van der Waals surface area contributed by atoms with E-state index in [4.69, 9.17) is 0 Å². The number of aliphatic hydroxyl groups is 1. The Morgan fingerprint density at radius 2 is 1.54 bits per heavy atom. The van der Waals surface area contributed by atoms with Crippen LogP contribution in [0.25, 0.3) is 0 Å². The van der Waals surface area contributed by atoms with Gasteiger partial charge in [0.15, 0.2) is 0 Å². The Kier molecular flexibility index (Phi) is 4.80. The molecule has 0 aromatic heterocycles. The normalized spacial score (nSPS) is 28.9. The van der Waals surface area contributed by atoms with E-state index in [2.05, 4.69) is 29.2 Å². The molecular formula is C22H25F2NO. The van der Waals surface area contributed by atoms with Crippen LogP contribution >= 0.6 is 0 Å². The highest BCUT2D eigenvalue weighted by atomic mass is 19.1. The number of nitrogens with zero attached hydrogens (tertiary/aromatic N) is 1. The second-order valence-corrected chi connectivity index (χ2v) is 7.98. The van der Waals surface area contributed by atoms with E-state index in [1.165, 1.54) is 24.1 Å². The zero-order valence-electron chi connectivity index (χ0n) is 14.9. The first kappa shape index (κ1) is 17.6. The Balaban J connectivity index is 1.51. The molecule has 138 valence electrons. The maximum atomic E-state index is 13.5. The monoisotopic (exact) mass is 357 g/mol. The lowest BCUT2D eigenvalue weighted by Crippen LogP contribution is -2.58. The Morgan fingerprint density at radius 1 is 0.923 bits per heavy atom. The molecule has 2 saturated heterocycles. The molecule has 0 amide bonds. The summed E-state index contributed by atoms with van der Waals surface area (Å²) >= 11 is 0. The van der Waals surface area contributed by atoms with Crippen molar-refractivity contribution in [3.05, 3.63) is 71.3 Å². The van der Waals surface area contributed by atoms with Crippen molar-refractivity contribution in [1.82, 2.24) is 4.90 Å². The summed E-state index contributed by atoms with van der Waals surface area (Å²) in [6.45, 7) is 0.904. The van der Waals surface area contributed by atoms with Crippen molar-refractivity contribution in [1.29, 1.82) is 0 Å². The number of fused-ring (bicyclic) bond motifs is 2. The van der Waals surface area contributed by atoms with Crippen molar-refractivity contribution in [2.75, 3.05) is 0 Å². The molecule has 1 N–H and O–H groups in total. The lowest BCUT2D eigenvalue weighted by molar-refractivity contribution is -0.0947. The summed E-state index contributed by atoms with van der Waals surface area (Å²) in [6.07, 6.45) is 4.97. The van der Waals surface area contributed by atoms with Crippen molar-refractivity contribution in [3.8, 4) is 0 Å². The minimum Gasteiger partial charge on any atom is -0.389 e. The number of piperidine rings is 2. The van der Waals surface area contributed by atoms with Gasteiger partial charge in [-0.1, -0.05) is 36.8 Å². The molecule has 2 unspecified atom stereocenters. The first-order chi connectivity index (χ1) is 12.5. The van der Waals surface area contributed by atoms with Crippen LogP contribution in [-0.2, 0) is 13.0 Å². The van der Waals surface area contributed by atoms with Gasteiger partial charge in [-0.15, -0.1) is 0 Å². The zero-order chi connectivity index (χ0) is 18.1. The SMILES string of the molecule is OC1(Cc2cc(F)cc(F)c2)CC2CCCC(C1)N2Cc1ccccc1. The van der Waals surface area contributed by atoms with Gasteiger partial charge in [-0.3, -0.25) is 4.90 Å². The summed E-state index contributed by atoms with van der Waals surface area (Å²) in [5.74, 6) is -1.16. The van der Waals surface area contributed by atoms with Gasteiger partial charge in [0.1, 0.15) is 11.6 Å². The summed E-state index contributed by atoms with van der Waals surface area (Å²) in [4.78, 5) is 2.53. The first-order valence-electron chi connectivity index (χ1n) is 9.48. The van der Waals surface area contributed by atoms with E-state index in [0.717, 1.165) is 25.5 Å². The molecule has 0 aliphatic carbocycles. The predicted octanol–water partition coefficient (Wildman–Crippen LogP) is 4.46. The molecule has 2 atom stereocenters. The van der Waals surface area contributed by atoms with Crippen LogP contribution in [0.15, 0.2) is 48.5 Å². The van der Waals surface area contributed by atoms with E-state index in [0.29, 0.717) is 36.9 Å². The number of hydrogen-bond acceptors (Lipinski definition) is 2. The molecule has 0 saturated carbocycles. The highest BCUT2D eigenvalue weighted by molar-refractivity contribution is 5.21. The van der Waals surface area contributed by atoms with E-state index in [9.17, 15) is 13.9 Å². The number of rotatable bonds is 4. The van der Waals surface area contributed by atoms with Gasteiger partial charge in [-0.2, -0.15) is 0 Å². The van der Waals surface area contributed by atoms with E-state index < -0.39 is 17.2 Å². The largest absolute Gasteiger partial charge is 0.389 e. The maximum Gasteiger partial charge on any atom is 0.126 e. The zero-order valence-corrected chi connectivity index (χ0v) is 14.9. The van der Waals surface area contributed by atoms with Crippen LogP contribution in [0.1, 0.15) is 43.2 Å². The second-order valence-electron chi connectivity index (χ2n) is 7.98. The molecule has 4 heteroatoms. The summed E-state index contributed by atoms with van der Waals surface area (Å²) in [5.41, 5.74) is 0.949. The van der Waals surface area contributed by atoms with Crippen molar-refractivity contribution in [2.24, 2.45) is 0 Å². The van der Waals surface area contributed by atoms with Gasteiger partial charge in [-0.25, -0.2) is 8.78 Å². The second kappa shape index (κ2) is 7.09. The van der Waals surface area contributed by atoms with E-state index in [1.807, 2.05) is 6.07 Å². The standard InChI is InChI=1S/C22H25F2NO/c23-18-9-17(10-19(24)11-18)12-22(26)13-20-7-4-8-21(14-22)25(20)15-16-5-2-1-3-6-16/h1-3,5-6,9-11,20-21,26H,4,7-8,12-15H2. The topological polar surface area (TPSA) is 23.5 Å². The van der Waals surface area contributed by atoms with E-state index >= 15 is 0 Å². The Morgan fingerprint density at radius 3 is 2.15 bits per heavy atom. The van der Waals surface area contributed by atoms with Gasteiger partial charge in [0.05, 0.1) is 5.60 Å². The molecule has 2 fully saturated rings. The van der Waals surface area contributed by atoms with Crippen LogP contribution in [0.5, 0.6) is 0 Å². The molecule has 2 heterocycles. The summed E-state index contributed by atoms with van der Waals surface area (Å²) in [6, 6.07) is 14.6. The van der Waals surface area contributed by atoms with E-state index in [1.54, 1.807) is 0 Å². The summed E-state index contributed by atoms with van der Waals surface area (Å²) < 4.78 is 27.0. The van der Waals surface area contributed by atoms with E-state index in [-0.39, 0.29) is 0 Å². The molecule has 0 radical (unpaired) electrons. The average Bonchev–Trinajstić information content (AvgIpc) is 2.56. The lowest BCUT2D eigenvalue weighted by atomic mass is 9.73. The van der Waals surface area contributed by atoms with Crippen molar-refractivity contribution < 1.29 is 13.9 Å². The van der Waals surface area contributed by atoms with Crippen molar-refractivity contribution in [2.45, 2.75) is 62.8 Å². The molecule has 0 spiro atoms. The van der Waals surface area contributed by atoms with Crippen LogP contribution < -0.4 is 0 Å². The Bertz CT molecular complexity index is 730. The minimum atomic E-state index is -0.886. The van der Waals surface area contributed by atoms with Gasteiger partial charge in [-0.05, 0) is 48.9 Å². The third-order valence-electron chi connectivity index (χ3n) is 5.91. The first-order valence-corrected chi connectivity index (χ1v) is 9.48. The molecule has 2 aliphatic heterocycles. The average molecular weight is 357 g/mol. The number of halogens is 2. The third kappa shape index (κ3) is 3.81. The molecule has 4 rings (SSSR count). The van der Waals surface area contributed by atoms with Crippen molar-refractivity contribution >= 4 is 0 Å². The Hall–Kier alpha value is -1.78. The quantitative estimate of drug-likeness (QED) is 0.874. The highest BCUT2D eigenvalue weighted by Gasteiger charge is 2.45. The molecule has 2 nitrogen and oxygen atoms in total. The molecule has 26 heavy (non-hydrogen) atoms. The smallest absolute Gasteiger partial charge is 0.126 e. The number of hydrogen-bond donors (Lipinski definition) is 1. The molecule has 2 aromatic rings. The maximum absolute atomic E-state index is 13.5. The fraction of sp³-hybridized carbons (Fsp3) is 0.455. The van der Waals surface area contributed by atoms with Gasteiger partial charge in [0.25, 0.3) is 0 Å². The predicted molar refractivity (Wildman–Crippen MR) is 97.7 cm³/mol. The lowest BCUT2D eigenvalue weighted by Gasteiger charge is -2.52. The molecule has 2 aromatic carbocycles. The molecular weight excluding hydrogens is 332 g/mol. The van der Waals surface area contributed by atoms with Crippen LogP contribution in [0.4, 0.5) is 8.78 Å². The minimum absolute atomic E-state index is 0.313. The molecule has 2 bridgehead atoms. The number of benzene rings is 2. The summed E-state index contributed by atoms with van der Waals surface area (Å²) in [5, 5.41) is 11.2. The van der Waals surface area contributed by atoms with Crippen LogP contribution in [0.2, 0.25) is 0 Å². The fourth-order valence-corrected chi connectivity index (χ4v) is 4.91. The highest BCUT2D eigenvalue weighted by Crippen LogP contribution is 2.41. The van der Waals surface area contributed by atoms with Gasteiger partial charge < -0.3 is 5.11 Å².